The van der Waals surface area contributed by atoms with Gasteiger partial charge in [0.1, 0.15) is 5.75 Å². The van der Waals surface area contributed by atoms with Crippen molar-refractivity contribution in [2.75, 3.05) is 19.0 Å². The van der Waals surface area contributed by atoms with Gasteiger partial charge in [-0.3, -0.25) is 0 Å². The van der Waals surface area contributed by atoms with Gasteiger partial charge in [0.2, 0.25) is 0 Å². The normalized spacial score (nSPS) is 10.4. The zero-order valence-electron chi connectivity index (χ0n) is 10.5. The maximum atomic E-state index is 6.07. The lowest BCUT2D eigenvalue weighted by Gasteiger charge is -2.10. The van der Waals surface area contributed by atoms with E-state index in [1.165, 1.54) is 0 Å². The van der Waals surface area contributed by atoms with Crippen LogP contribution >= 0.6 is 22.9 Å². The first-order valence-corrected chi connectivity index (χ1v) is 7.14. The van der Waals surface area contributed by atoms with E-state index in [9.17, 15) is 0 Å². The summed E-state index contributed by atoms with van der Waals surface area (Å²) in [6.07, 6.45) is 0.994. The predicted octanol–water partition coefficient (Wildman–Crippen LogP) is 4.90. The smallest absolute Gasteiger partial charge is 0.128 e. The molecule has 2 nitrogen and oxygen atoms in total. The molecule has 0 bridgehead atoms. The molecule has 1 aromatic carbocycles. The molecule has 18 heavy (non-hydrogen) atoms. The molecule has 0 aliphatic carbocycles. The third kappa shape index (κ3) is 2.98. The maximum Gasteiger partial charge on any atom is 0.128 e. The number of halogens is 1. The summed E-state index contributed by atoms with van der Waals surface area (Å²) < 4.78 is 5.77. The van der Waals surface area contributed by atoms with Crippen LogP contribution in [0.25, 0.3) is 10.4 Å². The third-order valence-corrected chi connectivity index (χ3v) is 3.89. The van der Waals surface area contributed by atoms with Gasteiger partial charge in [-0.25, -0.2) is 0 Å². The highest BCUT2D eigenvalue weighted by molar-refractivity contribution is 7.19. The van der Waals surface area contributed by atoms with Crippen molar-refractivity contribution in [3.8, 4) is 16.2 Å². The van der Waals surface area contributed by atoms with E-state index in [2.05, 4.69) is 24.4 Å². The molecule has 0 unspecified atom stereocenters. The summed E-state index contributed by atoms with van der Waals surface area (Å²) in [5.74, 6) is 0.894. The van der Waals surface area contributed by atoms with Crippen LogP contribution < -0.4 is 10.1 Å². The molecule has 0 atom stereocenters. The first-order chi connectivity index (χ1) is 8.74. The minimum Gasteiger partial charge on any atom is -0.493 e. The minimum atomic E-state index is 0.721. The molecule has 1 N–H and O–H groups in total. The third-order valence-electron chi connectivity index (χ3n) is 2.52. The zero-order valence-corrected chi connectivity index (χ0v) is 12.1. The average Bonchev–Trinajstić information content (AvgIpc) is 2.86. The summed E-state index contributed by atoms with van der Waals surface area (Å²) in [7, 11) is 1.92. The number of anilines is 1. The molecule has 0 saturated carbocycles. The number of nitrogens with one attached hydrogen (secondary N) is 1. The van der Waals surface area contributed by atoms with Gasteiger partial charge in [0.25, 0.3) is 0 Å². The van der Waals surface area contributed by atoms with Gasteiger partial charge in [-0.2, -0.15) is 0 Å². The van der Waals surface area contributed by atoms with Crippen molar-refractivity contribution in [3.05, 3.63) is 35.4 Å². The van der Waals surface area contributed by atoms with Crippen molar-refractivity contribution in [2.24, 2.45) is 0 Å². The fourth-order valence-electron chi connectivity index (χ4n) is 1.65. The van der Waals surface area contributed by atoms with Crippen LogP contribution in [-0.4, -0.2) is 13.7 Å². The summed E-state index contributed by atoms with van der Waals surface area (Å²) in [6.45, 7) is 2.82. The second-order valence-corrected chi connectivity index (χ2v) is 5.42. The fraction of sp³-hybridized carbons (Fsp3) is 0.286. The Morgan fingerprint density at radius 1 is 1.28 bits per heavy atom. The second-order valence-electron chi connectivity index (χ2n) is 3.90. The number of hydrogen-bond acceptors (Lipinski definition) is 3. The first kappa shape index (κ1) is 13.2. The first-order valence-electron chi connectivity index (χ1n) is 5.95. The lowest BCUT2D eigenvalue weighted by molar-refractivity contribution is 0.319. The molecule has 0 fully saturated rings. The van der Waals surface area contributed by atoms with E-state index in [0.717, 1.165) is 39.2 Å². The largest absolute Gasteiger partial charge is 0.493 e. The molecular formula is C14H16ClNOS. The van der Waals surface area contributed by atoms with Crippen LogP contribution in [0.4, 0.5) is 5.00 Å². The van der Waals surface area contributed by atoms with E-state index in [-0.39, 0.29) is 0 Å². The summed E-state index contributed by atoms with van der Waals surface area (Å²) in [5.41, 5.74) is 1.06. The SMILES string of the molecule is CCCOc1ccc(Cl)cc1-c1ccc(NC)s1. The van der Waals surface area contributed by atoms with Crippen molar-refractivity contribution >= 4 is 27.9 Å². The van der Waals surface area contributed by atoms with Crippen molar-refractivity contribution < 1.29 is 4.74 Å². The van der Waals surface area contributed by atoms with E-state index < -0.39 is 0 Å². The Balaban J connectivity index is 2.37. The van der Waals surface area contributed by atoms with Gasteiger partial charge in [0.15, 0.2) is 0 Å². The topological polar surface area (TPSA) is 21.3 Å². The zero-order chi connectivity index (χ0) is 13.0. The van der Waals surface area contributed by atoms with Gasteiger partial charge in [-0.15, -0.1) is 11.3 Å². The van der Waals surface area contributed by atoms with E-state index in [4.69, 9.17) is 16.3 Å². The summed E-state index contributed by atoms with van der Waals surface area (Å²) in [4.78, 5) is 1.16. The molecule has 0 aliphatic rings. The standard InChI is InChI=1S/C14H16ClNOS/c1-3-8-17-12-5-4-10(15)9-11(12)13-6-7-14(16-2)18-13/h4-7,9,16H,3,8H2,1-2H3. The van der Waals surface area contributed by atoms with Gasteiger partial charge >= 0.3 is 0 Å². The number of hydrogen-bond donors (Lipinski definition) is 1. The summed E-state index contributed by atoms with van der Waals surface area (Å²) in [6, 6.07) is 9.90. The van der Waals surface area contributed by atoms with Crippen LogP contribution in [0.2, 0.25) is 5.02 Å². The van der Waals surface area contributed by atoms with Crippen LogP contribution in [0.5, 0.6) is 5.75 Å². The van der Waals surface area contributed by atoms with Gasteiger partial charge in [-0.1, -0.05) is 18.5 Å². The highest BCUT2D eigenvalue weighted by Gasteiger charge is 2.09. The number of ether oxygens (including phenoxy) is 1. The van der Waals surface area contributed by atoms with Crippen molar-refractivity contribution in [3.63, 3.8) is 0 Å². The molecule has 1 heterocycles. The van der Waals surface area contributed by atoms with Gasteiger partial charge < -0.3 is 10.1 Å². The molecular weight excluding hydrogens is 266 g/mol. The average molecular weight is 282 g/mol. The Morgan fingerprint density at radius 2 is 2.11 bits per heavy atom. The summed E-state index contributed by atoms with van der Waals surface area (Å²) >= 11 is 7.77. The Labute approximate surface area is 117 Å². The van der Waals surface area contributed by atoms with Crippen LogP contribution in [0.1, 0.15) is 13.3 Å². The molecule has 0 saturated heterocycles. The van der Waals surface area contributed by atoms with Crippen molar-refractivity contribution in [1.29, 1.82) is 0 Å². The molecule has 1 aromatic heterocycles. The van der Waals surface area contributed by atoms with E-state index >= 15 is 0 Å². The van der Waals surface area contributed by atoms with Crippen molar-refractivity contribution in [2.45, 2.75) is 13.3 Å². The second kappa shape index (κ2) is 6.12. The lowest BCUT2D eigenvalue weighted by Crippen LogP contribution is -1.96. The molecule has 0 aliphatic heterocycles. The van der Waals surface area contributed by atoms with Crippen LogP contribution in [0.15, 0.2) is 30.3 Å². The predicted molar refractivity (Wildman–Crippen MR) is 80.1 cm³/mol. The molecule has 0 spiro atoms. The molecule has 2 aromatic rings. The molecule has 4 heteroatoms. The van der Waals surface area contributed by atoms with E-state index in [0.29, 0.717) is 0 Å². The maximum absolute atomic E-state index is 6.07. The molecule has 2 rings (SSSR count). The summed E-state index contributed by atoms with van der Waals surface area (Å²) in [5, 5.41) is 5.00. The van der Waals surface area contributed by atoms with Gasteiger partial charge in [0.05, 0.1) is 11.6 Å². The number of benzene rings is 1. The molecule has 0 amide bonds. The van der Waals surface area contributed by atoms with Crippen LogP contribution in [-0.2, 0) is 0 Å². The van der Waals surface area contributed by atoms with Gasteiger partial charge in [-0.05, 0) is 36.8 Å². The van der Waals surface area contributed by atoms with Crippen LogP contribution in [0.3, 0.4) is 0 Å². The highest BCUT2D eigenvalue weighted by Crippen LogP contribution is 2.38. The molecule has 0 radical (unpaired) electrons. The minimum absolute atomic E-state index is 0.721. The Hall–Kier alpha value is -1.19. The van der Waals surface area contributed by atoms with Crippen LogP contribution in [0, 0.1) is 0 Å². The monoisotopic (exact) mass is 281 g/mol. The Kier molecular flexibility index (Phi) is 4.50. The number of rotatable bonds is 5. The lowest BCUT2D eigenvalue weighted by atomic mass is 10.1. The fourth-order valence-corrected chi connectivity index (χ4v) is 2.70. The van der Waals surface area contributed by atoms with Gasteiger partial charge in [0, 0.05) is 22.5 Å². The Bertz CT molecular complexity index is 524. The quantitative estimate of drug-likeness (QED) is 0.842. The van der Waals surface area contributed by atoms with E-state index in [1.54, 1.807) is 11.3 Å². The highest BCUT2D eigenvalue weighted by atomic mass is 35.5. The Morgan fingerprint density at radius 3 is 2.78 bits per heavy atom. The van der Waals surface area contributed by atoms with E-state index in [1.807, 2.05) is 25.2 Å². The number of thiophene rings is 1. The molecule has 96 valence electrons. The van der Waals surface area contributed by atoms with Crippen molar-refractivity contribution in [1.82, 2.24) is 0 Å².